The van der Waals surface area contributed by atoms with E-state index in [1.807, 2.05) is 26.0 Å². The van der Waals surface area contributed by atoms with Gasteiger partial charge in [-0.2, -0.15) is 5.10 Å². The number of fused-ring (bicyclic) bond motifs is 1. The lowest BCUT2D eigenvalue weighted by molar-refractivity contribution is 0.0952. The molecule has 3 N–H and O–H groups in total. The number of rotatable bonds is 2. The number of amides is 1. The molecule has 6 nitrogen and oxygen atoms in total. The normalized spacial score (nSPS) is 11.0. The van der Waals surface area contributed by atoms with Crippen LogP contribution >= 0.6 is 11.3 Å². The molecule has 0 spiro atoms. The Balaban J connectivity index is 2.17. The maximum Gasteiger partial charge on any atom is 0.268 e. The van der Waals surface area contributed by atoms with Crippen molar-refractivity contribution in [2.45, 2.75) is 20.8 Å². The standard InChI is InChI=1S/C14H15N5OS/c1-7-4-5-10-11(6-7)21-14(16-10)19-9(3)12(8(2)18-19)13(20)17-15/h4-6H,15H2,1-3H3,(H,17,20). The molecule has 7 heteroatoms. The number of carbonyl (C=O) groups excluding carboxylic acids is 1. The molecule has 3 rings (SSSR count). The fourth-order valence-electron chi connectivity index (χ4n) is 2.34. The van der Waals surface area contributed by atoms with Crippen LogP contribution in [0.25, 0.3) is 15.3 Å². The van der Waals surface area contributed by atoms with Gasteiger partial charge in [-0.1, -0.05) is 17.4 Å². The van der Waals surface area contributed by atoms with Gasteiger partial charge in [0.15, 0.2) is 0 Å². The molecule has 0 unspecified atom stereocenters. The zero-order valence-corrected chi connectivity index (χ0v) is 12.8. The number of hydrazine groups is 1. The van der Waals surface area contributed by atoms with Crippen molar-refractivity contribution in [3.05, 3.63) is 40.7 Å². The Morgan fingerprint density at radius 3 is 2.81 bits per heavy atom. The number of benzene rings is 1. The van der Waals surface area contributed by atoms with Crippen LogP contribution in [0.15, 0.2) is 18.2 Å². The summed E-state index contributed by atoms with van der Waals surface area (Å²) >= 11 is 1.55. The second-order valence-electron chi connectivity index (χ2n) is 4.90. The SMILES string of the molecule is Cc1ccc2nc(-n3nc(C)c(C(=O)NN)c3C)sc2c1. The highest BCUT2D eigenvalue weighted by atomic mass is 32.1. The molecule has 2 heterocycles. The first-order valence-electron chi connectivity index (χ1n) is 6.46. The molecule has 0 radical (unpaired) electrons. The third-order valence-electron chi connectivity index (χ3n) is 3.36. The van der Waals surface area contributed by atoms with Crippen LogP contribution in [0.4, 0.5) is 0 Å². The number of aromatic nitrogens is 3. The van der Waals surface area contributed by atoms with Crippen molar-refractivity contribution in [3.8, 4) is 5.13 Å². The van der Waals surface area contributed by atoms with Crippen LogP contribution in [0.3, 0.4) is 0 Å². The molecule has 0 fully saturated rings. The highest BCUT2D eigenvalue weighted by Gasteiger charge is 2.20. The third kappa shape index (κ3) is 2.20. The average Bonchev–Trinajstić information content (AvgIpc) is 2.98. The van der Waals surface area contributed by atoms with Crippen LogP contribution in [0.1, 0.15) is 27.3 Å². The van der Waals surface area contributed by atoms with Crippen LogP contribution in [-0.2, 0) is 0 Å². The Bertz CT molecular complexity index is 849. The first kappa shape index (κ1) is 13.7. The zero-order chi connectivity index (χ0) is 15.1. The van der Waals surface area contributed by atoms with E-state index in [2.05, 4.69) is 21.6 Å². The molecule has 0 saturated carbocycles. The van der Waals surface area contributed by atoms with E-state index in [0.717, 1.165) is 21.0 Å². The van der Waals surface area contributed by atoms with Gasteiger partial charge in [-0.05, 0) is 38.5 Å². The molecule has 2 aromatic heterocycles. The van der Waals surface area contributed by atoms with E-state index in [0.29, 0.717) is 11.3 Å². The second kappa shape index (κ2) is 4.94. The van der Waals surface area contributed by atoms with Crippen molar-refractivity contribution in [1.29, 1.82) is 0 Å². The van der Waals surface area contributed by atoms with Gasteiger partial charge < -0.3 is 0 Å². The van der Waals surface area contributed by atoms with Crippen molar-refractivity contribution in [1.82, 2.24) is 20.2 Å². The molecule has 0 aliphatic heterocycles. The summed E-state index contributed by atoms with van der Waals surface area (Å²) in [6, 6.07) is 6.11. The van der Waals surface area contributed by atoms with Crippen molar-refractivity contribution in [3.63, 3.8) is 0 Å². The van der Waals surface area contributed by atoms with Crippen LogP contribution in [0, 0.1) is 20.8 Å². The highest BCUT2D eigenvalue weighted by Crippen LogP contribution is 2.27. The summed E-state index contributed by atoms with van der Waals surface area (Å²) in [5.74, 6) is 4.88. The minimum Gasteiger partial charge on any atom is -0.290 e. The van der Waals surface area contributed by atoms with Gasteiger partial charge in [0.25, 0.3) is 5.91 Å². The molecule has 0 atom stereocenters. The molecule has 0 saturated heterocycles. The first-order chi connectivity index (χ1) is 10.0. The molecule has 0 aliphatic carbocycles. The van der Waals surface area contributed by atoms with E-state index in [4.69, 9.17) is 5.84 Å². The van der Waals surface area contributed by atoms with E-state index in [1.165, 1.54) is 5.56 Å². The number of aryl methyl sites for hydroxylation is 2. The van der Waals surface area contributed by atoms with Crippen molar-refractivity contribution in [2.24, 2.45) is 5.84 Å². The van der Waals surface area contributed by atoms with Crippen LogP contribution in [0.5, 0.6) is 0 Å². The highest BCUT2D eigenvalue weighted by molar-refractivity contribution is 7.20. The predicted molar refractivity (Wildman–Crippen MR) is 82.6 cm³/mol. The summed E-state index contributed by atoms with van der Waals surface area (Å²) in [5, 5.41) is 5.16. The van der Waals surface area contributed by atoms with Crippen molar-refractivity contribution in [2.75, 3.05) is 0 Å². The van der Waals surface area contributed by atoms with Crippen molar-refractivity contribution >= 4 is 27.5 Å². The van der Waals surface area contributed by atoms with Gasteiger partial charge in [-0.25, -0.2) is 15.5 Å². The second-order valence-corrected chi connectivity index (χ2v) is 5.91. The Hall–Kier alpha value is -2.25. The van der Waals surface area contributed by atoms with Gasteiger partial charge in [0, 0.05) is 0 Å². The Kier molecular flexibility index (Phi) is 3.23. The Morgan fingerprint density at radius 1 is 1.33 bits per heavy atom. The number of carbonyl (C=O) groups is 1. The molecule has 0 aliphatic rings. The lowest BCUT2D eigenvalue weighted by Gasteiger charge is -2.00. The monoisotopic (exact) mass is 301 g/mol. The van der Waals surface area contributed by atoms with Gasteiger partial charge in [0.05, 0.1) is 27.2 Å². The van der Waals surface area contributed by atoms with Crippen LogP contribution < -0.4 is 11.3 Å². The number of nitrogens with zero attached hydrogens (tertiary/aromatic N) is 3. The molecule has 3 aromatic rings. The summed E-state index contributed by atoms with van der Waals surface area (Å²) in [7, 11) is 0. The predicted octanol–water partition coefficient (Wildman–Crippen LogP) is 2.01. The van der Waals surface area contributed by atoms with E-state index in [9.17, 15) is 4.79 Å². The fraction of sp³-hybridized carbons (Fsp3) is 0.214. The number of nitrogens with one attached hydrogen (secondary N) is 1. The Morgan fingerprint density at radius 2 is 2.10 bits per heavy atom. The van der Waals surface area contributed by atoms with Gasteiger partial charge in [-0.15, -0.1) is 0 Å². The fourth-order valence-corrected chi connectivity index (χ4v) is 3.41. The maximum atomic E-state index is 11.8. The van der Waals surface area contributed by atoms with E-state index >= 15 is 0 Å². The lowest BCUT2D eigenvalue weighted by Crippen LogP contribution is -2.30. The summed E-state index contributed by atoms with van der Waals surface area (Å²) in [5.41, 5.74) is 6.12. The molecule has 108 valence electrons. The maximum absolute atomic E-state index is 11.8. The third-order valence-corrected chi connectivity index (χ3v) is 4.36. The minimum absolute atomic E-state index is 0.340. The quantitative estimate of drug-likeness (QED) is 0.431. The van der Waals surface area contributed by atoms with Gasteiger partial charge in [-0.3, -0.25) is 10.2 Å². The molecular formula is C14H15N5OS. The average molecular weight is 301 g/mol. The topological polar surface area (TPSA) is 85.8 Å². The number of thiazole rings is 1. The Labute approximate surface area is 125 Å². The van der Waals surface area contributed by atoms with E-state index < -0.39 is 0 Å². The smallest absolute Gasteiger partial charge is 0.268 e. The largest absolute Gasteiger partial charge is 0.290 e. The molecular weight excluding hydrogens is 286 g/mol. The summed E-state index contributed by atoms with van der Waals surface area (Å²) in [4.78, 5) is 16.4. The summed E-state index contributed by atoms with van der Waals surface area (Å²) in [6.07, 6.45) is 0. The van der Waals surface area contributed by atoms with Gasteiger partial charge >= 0.3 is 0 Å². The lowest BCUT2D eigenvalue weighted by atomic mass is 10.2. The number of hydrogen-bond donors (Lipinski definition) is 2. The van der Waals surface area contributed by atoms with Crippen molar-refractivity contribution < 1.29 is 4.79 Å². The van der Waals surface area contributed by atoms with E-state index in [-0.39, 0.29) is 5.91 Å². The van der Waals surface area contributed by atoms with Crippen LogP contribution in [-0.4, -0.2) is 20.7 Å². The number of nitrogen functional groups attached to an aromatic ring is 1. The number of hydrogen-bond acceptors (Lipinski definition) is 5. The molecule has 0 bridgehead atoms. The van der Waals surface area contributed by atoms with Gasteiger partial charge in [0.2, 0.25) is 5.13 Å². The zero-order valence-electron chi connectivity index (χ0n) is 12.0. The van der Waals surface area contributed by atoms with E-state index in [1.54, 1.807) is 22.9 Å². The first-order valence-corrected chi connectivity index (χ1v) is 7.27. The molecule has 21 heavy (non-hydrogen) atoms. The van der Waals surface area contributed by atoms with Crippen LogP contribution in [0.2, 0.25) is 0 Å². The summed E-state index contributed by atoms with van der Waals surface area (Å²) < 4.78 is 2.79. The number of nitrogens with two attached hydrogens (primary N) is 1. The molecule has 1 amide bonds. The molecule has 1 aromatic carbocycles. The van der Waals surface area contributed by atoms with Gasteiger partial charge in [0.1, 0.15) is 0 Å². The minimum atomic E-state index is -0.340. The summed E-state index contributed by atoms with van der Waals surface area (Å²) in [6.45, 7) is 5.67.